The highest BCUT2D eigenvalue weighted by molar-refractivity contribution is 5.92. The Morgan fingerprint density at radius 1 is 1.23 bits per heavy atom. The standard InChI is InChI=1S/C19H28N4O3/c1-13-20-16(18(25)22-15-4-10-26-11-5-15)12-17(21-13)19(3)6-8-23(9-7-19)14(2)24/h12,15H,4-11H2,1-3H3,(H,22,25). The van der Waals surface area contributed by atoms with E-state index in [1.807, 2.05) is 17.9 Å². The predicted molar refractivity (Wildman–Crippen MR) is 96.9 cm³/mol. The van der Waals surface area contributed by atoms with Crippen LogP contribution in [0.3, 0.4) is 0 Å². The van der Waals surface area contributed by atoms with Crippen molar-refractivity contribution >= 4 is 11.8 Å². The number of rotatable bonds is 3. The van der Waals surface area contributed by atoms with Gasteiger partial charge in [-0.15, -0.1) is 0 Å². The van der Waals surface area contributed by atoms with Crippen molar-refractivity contribution in [1.82, 2.24) is 20.2 Å². The number of carbonyl (C=O) groups is 2. The molecular weight excluding hydrogens is 332 g/mol. The molecule has 0 aliphatic carbocycles. The number of hydrogen-bond acceptors (Lipinski definition) is 5. The number of ether oxygens (including phenoxy) is 1. The third-order valence-corrected chi connectivity index (χ3v) is 5.56. The van der Waals surface area contributed by atoms with E-state index in [9.17, 15) is 9.59 Å². The van der Waals surface area contributed by atoms with Crippen LogP contribution in [-0.4, -0.2) is 59.0 Å². The Bertz CT molecular complexity index is 677. The molecule has 3 heterocycles. The summed E-state index contributed by atoms with van der Waals surface area (Å²) in [6.45, 7) is 8.40. The molecule has 1 N–H and O–H groups in total. The maximum atomic E-state index is 12.7. The van der Waals surface area contributed by atoms with Gasteiger partial charge in [-0.25, -0.2) is 9.97 Å². The monoisotopic (exact) mass is 360 g/mol. The first-order valence-electron chi connectivity index (χ1n) is 9.38. The van der Waals surface area contributed by atoms with E-state index in [-0.39, 0.29) is 23.3 Å². The van der Waals surface area contributed by atoms with Crippen molar-refractivity contribution in [3.05, 3.63) is 23.3 Å². The van der Waals surface area contributed by atoms with E-state index in [4.69, 9.17) is 4.74 Å². The lowest BCUT2D eigenvalue weighted by Crippen LogP contribution is -2.43. The smallest absolute Gasteiger partial charge is 0.270 e. The molecule has 1 aromatic rings. The summed E-state index contributed by atoms with van der Waals surface area (Å²) in [6.07, 6.45) is 3.34. The molecule has 26 heavy (non-hydrogen) atoms. The molecule has 0 saturated carbocycles. The molecule has 0 bridgehead atoms. The average molecular weight is 360 g/mol. The summed E-state index contributed by atoms with van der Waals surface area (Å²) in [5.41, 5.74) is 1.17. The quantitative estimate of drug-likeness (QED) is 0.885. The number of likely N-dealkylation sites (tertiary alicyclic amines) is 1. The van der Waals surface area contributed by atoms with Crippen molar-refractivity contribution in [2.24, 2.45) is 0 Å². The summed E-state index contributed by atoms with van der Waals surface area (Å²) in [4.78, 5) is 35.1. The van der Waals surface area contributed by atoms with Crippen molar-refractivity contribution in [3.8, 4) is 0 Å². The molecule has 2 fully saturated rings. The van der Waals surface area contributed by atoms with Crippen LogP contribution in [0.25, 0.3) is 0 Å². The minimum absolute atomic E-state index is 0.113. The third-order valence-electron chi connectivity index (χ3n) is 5.56. The van der Waals surface area contributed by atoms with Crippen LogP contribution < -0.4 is 5.32 Å². The minimum atomic E-state index is -0.145. The van der Waals surface area contributed by atoms with Crippen molar-refractivity contribution in [1.29, 1.82) is 0 Å². The van der Waals surface area contributed by atoms with Crippen LogP contribution in [0.5, 0.6) is 0 Å². The van der Waals surface area contributed by atoms with E-state index in [1.165, 1.54) is 0 Å². The van der Waals surface area contributed by atoms with Crippen molar-refractivity contribution < 1.29 is 14.3 Å². The Kier molecular flexibility index (Phi) is 5.55. The number of nitrogens with one attached hydrogen (secondary N) is 1. The first kappa shape index (κ1) is 18.8. The Hall–Kier alpha value is -2.02. The number of aromatic nitrogens is 2. The second-order valence-electron chi connectivity index (χ2n) is 7.61. The topological polar surface area (TPSA) is 84.4 Å². The van der Waals surface area contributed by atoms with Gasteiger partial charge >= 0.3 is 0 Å². The molecule has 0 atom stereocenters. The van der Waals surface area contributed by atoms with E-state index in [0.717, 1.165) is 44.5 Å². The van der Waals surface area contributed by atoms with Crippen molar-refractivity contribution in [2.75, 3.05) is 26.3 Å². The van der Waals surface area contributed by atoms with Gasteiger partial charge in [-0.05, 0) is 38.7 Å². The van der Waals surface area contributed by atoms with Crippen LogP contribution in [0.4, 0.5) is 0 Å². The second-order valence-corrected chi connectivity index (χ2v) is 7.61. The highest BCUT2D eigenvalue weighted by Gasteiger charge is 2.34. The number of nitrogens with zero attached hydrogens (tertiary/aromatic N) is 3. The second kappa shape index (κ2) is 7.70. The van der Waals surface area contributed by atoms with Crippen LogP contribution in [0.15, 0.2) is 6.07 Å². The molecule has 0 aromatic carbocycles. The average Bonchev–Trinajstić information content (AvgIpc) is 2.62. The minimum Gasteiger partial charge on any atom is -0.381 e. The zero-order valence-corrected chi connectivity index (χ0v) is 15.9. The van der Waals surface area contributed by atoms with Gasteiger partial charge < -0.3 is 15.0 Å². The predicted octanol–water partition coefficient (Wildman–Crippen LogP) is 1.59. The molecule has 0 radical (unpaired) electrons. The molecule has 2 saturated heterocycles. The van der Waals surface area contributed by atoms with E-state index in [0.29, 0.717) is 24.7 Å². The first-order valence-corrected chi connectivity index (χ1v) is 9.38. The van der Waals surface area contributed by atoms with Crippen LogP contribution in [-0.2, 0) is 14.9 Å². The van der Waals surface area contributed by atoms with Gasteiger partial charge in [0.2, 0.25) is 5.91 Å². The Labute approximate surface area is 154 Å². The molecule has 7 heteroatoms. The van der Waals surface area contributed by atoms with Crippen LogP contribution >= 0.6 is 0 Å². The lowest BCUT2D eigenvalue weighted by molar-refractivity contribution is -0.130. The molecule has 0 unspecified atom stereocenters. The molecule has 142 valence electrons. The zero-order chi connectivity index (χ0) is 18.7. The van der Waals surface area contributed by atoms with Gasteiger partial charge in [0.05, 0.1) is 5.69 Å². The number of carbonyl (C=O) groups excluding carboxylic acids is 2. The SMILES string of the molecule is CC(=O)N1CCC(C)(c2cc(C(=O)NC3CCOCC3)nc(C)n2)CC1. The summed E-state index contributed by atoms with van der Waals surface area (Å²) >= 11 is 0. The fourth-order valence-corrected chi connectivity index (χ4v) is 3.67. The van der Waals surface area contributed by atoms with Gasteiger partial charge in [-0.1, -0.05) is 6.92 Å². The number of aryl methyl sites for hydroxylation is 1. The molecular formula is C19H28N4O3. The number of amides is 2. The fourth-order valence-electron chi connectivity index (χ4n) is 3.67. The van der Waals surface area contributed by atoms with Crippen LogP contribution in [0.2, 0.25) is 0 Å². The Balaban J connectivity index is 1.74. The van der Waals surface area contributed by atoms with Crippen molar-refractivity contribution in [2.45, 2.75) is 57.9 Å². The molecule has 0 spiro atoms. The van der Waals surface area contributed by atoms with Crippen LogP contribution in [0.1, 0.15) is 61.5 Å². The van der Waals surface area contributed by atoms with Gasteiger partial charge in [0.15, 0.2) is 0 Å². The van der Waals surface area contributed by atoms with E-state index in [2.05, 4.69) is 22.2 Å². The lowest BCUT2D eigenvalue weighted by atomic mass is 9.77. The van der Waals surface area contributed by atoms with Gasteiger partial charge in [-0.3, -0.25) is 9.59 Å². The van der Waals surface area contributed by atoms with Crippen LogP contribution in [0, 0.1) is 6.92 Å². The van der Waals surface area contributed by atoms with E-state index < -0.39 is 0 Å². The first-order chi connectivity index (χ1) is 12.4. The van der Waals surface area contributed by atoms with E-state index in [1.54, 1.807) is 6.92 Å². The summed E-state index contributed by atoms with van der Waals surface area (Å²) in [5.74, 6) is 0.575. The van der Waals surface area contributed by atoms with Gasteiger partial charge in [-0.2, -0.15) is 0 Å². The van der Waals surface area contributed by atoms with E-state index >= 15 is 0 Å². The Morgan fingerprint density at radius 2 is 1.88 bits per heavy atom. The number of piperidine rings is 1. The molecule has 2 aliphatic rings. The highest BCUT2D eigenvalue weighted by Crippen LogP contribution is 2.34. The zero-order valence-electron chi connectivity index (χ0n) is 15.9. The van der Waals surface area contributed by atoms with Gasteiger partial charge in [0.1, 0.15) is 11.5 Å². The van der Waals surface area contributed by atoms with Gasteiger partial charge in [0, 0.05) is 44.7 Å². The van der Waals surface area contributed by atoms with Gasteiger partial charge in [0.25, 0.3) is 5.91 Å². The number of hydrogen-bond donors (Lipinski definition) is 1. The summed E-state index contributed by atoms with van der Waals surface area (Å²) in [5, 5.41) is 3.06. The Morgan fingerprint density at radius 3 is 2.50 bits per heavy atom. The summed E-state index contributed by atoms with van der Waals surface area (Å²) in [6, 6.07) is 1.97. The molecule has 3 rings (SSSR count). The highest BCUT2D eigenvalue weighted by atomic mass is 16.5. The van der Waals surface area contributed by atoms with Crippen molar-refractivity contribution in [3.63, 3.8) is 0 Å². The fraction of sp³-hybridized carbons (Fsp3) is 0.684. The summed E-state index contributed by atoms with van der Waals surface area (Å²) in [7, 11) is 0. The normalized spacial score (nSPS) is 20.7. The lowest BCUT2D eigenvalue weighted by Gasteiger charge is -2.38. The largest absolute Gasteiger partial charge is 0.381 e. The maximum Gasteiger partial charge on any atom is 0.270 e. The molecule has 1 aromatic heterocycles. The molecule has 7 nitrogen and oxygen atoms in total. The summed E-state index contributed by atoms with van der Waals surface area (Å²) < 4.78 is 5.34. The third kappa shape index (κ3) is 4.20. The maximum absolute atomic E-state index is 12.7. The molecule has 2 aliphatic heterocycles. The molecule has 2 amide bonds.